The van der Waals surface area contributed by atoms with Gasteiger partial charge >= 0.3 is 0 Å². The normalized spacial score (nSPS) is 22.6. The summed E-state index contributed by atoms with van der Waals surface area (Å²) < 4.78 is 0. The minimum Gasteiger partial charge on any atom is -0.324 e. The molecule has 0 aromatic heterocycles. The summed E-state index contributed by atoms with van der Waals surface area (Å²) in [6.45, 7) is 5.52. The lowest BCUT2D eigenvalue weighted by Gasteiger charge is -2.38. The van der Waals surface area contributed by atoms with Crippen molar-refractivity contribution in [3.8, 4) is 0 Å². The van der Waals surface area contributed by atoms with Gasteiger partial charge in [-0.15, -0.1) is 0 Å². The average molecular weight is 184 g/mol. The van der Waals surface area contributed by atoms with Gasteiger partial charge < -0.3 is 10.6 Å². The molecule has 2 heteroatoms. The highest BCUT2D eigenvalue weighted by atomic mass is 15.1. The van der Waals surface area contributed by atoms with E-state index in [1.165, 1.54) is 32.1 Å². The molecule has 0 aromatic rings. The number of hydrogen-bond donors (Lipinski definition) is 1. The van der Waals surface area contributed by atoms with Gasteiger partial charge in [0, 0.05) is 18.1 Å². The Hall–Kier alpha value is -0.0800. The SMILES string of the molecule is CC(C)N(C)CC1(N)CCCCC1. The lowest BCUT2D eigenvalue weighted by molar-refractivity contribution is 0.171. The number of nitrogens with zero attached hydrogens (tertiary/aromatic N) is 1. The number of hydrogen-bond acceptors (Lipinski definition) is 2. The van der Waals surface area contributed by atoms with E-state index in [9.17, 15) is 0 Å². The van der Waals surface area contributed by atoms with Crippen LogP contribution in [0.1, 0.15) is 46.0 Å². The summed E-state index contributed by atoms with van der Waals surface area (Å²) in [4.78, 5) is 2.37. The summed E-state index contributed by atoms with van der Waals surface area (Å²) in [5.74, 6) is 0. The van der Waals surface area contributed by atoms with E-state index in [2.05, 4.69) is 25.8 Å². The largest absolute Gasteiger partial charge is 0.324 e. The smallest absolute Gasteiger partial charge is 0.0283 e. The van der Waals surface area contributed by atoms with E-state index in [0.717, 1.165) is 6.54 Å². The molecular formula is C11H24N2. The fourth-order valence-corrected chi connectivity index (χ4v) is 2.09. The second-order valence-corrected chi connectivity index (χ2v) is 4.93. The zero-order valence-electron chi connectivity index (χ0n) is 9.34. The van der Waals surface area contributed by atoms with Gasteiger partial charge in [-0.3, -0.25) is 0 Å². The third-order valence-electron chi connectivity index (χ3n) is 3.30. The number of likely N-dealkylation sites (N-methyl/N-ethyl adjacent to an activating group) is 1. The molecule has 13 heavy (non-hydrogen) atoms. The van der Waals surface area contributed by atoms with Crippen molar-refractivity contribution in [1.29, 1.82) is 0 Å². The molecule has 0 amide bonds. The second-order valence-electron chi connectivity index (χ2n) is 4.93. The molecule has 1 saturated carbocycles. The Balaban J connectivity index is 2.40. The lowest BCUT2D eigenvalue weighted by Crippen LogP contribution is -2.51. The molecule has 0 atom stereocenters. The standard InChI is InChI=1S/C11H24N2/c1-10(2)13(3)9-11(12)7-5-4-6-8-11/h10H,4-9,12H2,1-3H3. The summed E-state index contributed by atoms with van der Waals surface area (Å²) in [6, 6.07) is 0.613. The minimum atomic E-state index is 0.108. The molecule has 1 fully saturated rings. The van der Waals surface area contributed by atoms with Gasteiger partial charge in [-0.25, -0.2) is 0 Å². The third kappa shape index (κ3) is 3.28. The maximum absolute atomic E-state index is 6.36. The Kier molecular flexibility index (Phi) is 3.74. The van der Waals surface area contributed by atoms with Gasteiger partial charge in [0.25, 0.3) is 0 Å². The molecule has 1 aliphatic rings. The first kappa shape index (κ1) is 11.0. The second kappa shape index (κ2) is 4.43. The fourth-order valence-electron chi connectivity index (χ4n) is 2.09. The van der Waals surface area contributed by atoms with E-state index >= 15 is 0 Å². The Bertz CT molecular complexity index is 148. The van der Waals surface area contributed by atoms with Crippen LogP contribution in [0.4, 0.5) is 0 Å². The average Bonchev–Trinajstić information content (AvgIpc) is 2.04. The fraction of sp³-hybridized carbons (Fsp3) is 1.00. The Morgan fingerprint density at radius 2 is 1.77 bits per heavy atom. The van der Waals surface area contributed by atoms with Crippen molar-refractivity contribution in [2.75, 3.05) is 13.6 Å². The molecule has 0 saturated heterocycles. The van der Waals surface area contributed by atoms with E-state index in [0.29, 0.717) is 6.04 Å². The van der Waals surface area contributed by atoms with Crippen LogP contribution in [0.2, 0.25) is 0 Å². The van der Waals surface area contributed by atoms with E-state index in [-0.39, 0.29) is 5.54 Å². The molecule has 0 aromatic carbocycles. The molecule has 0 spiro atoms. The monoisotopic (exact) mass is 184 g/mol. The van der Waals surface area contributed by atoms with E-state index in [1.54, 1.807) is 0 Å². The summed E-state index contributed by atoms with van der Waals surface area (Å²) in [5.41, 5.74) is 6.46. The van der Waals surface area contributed by atoms with E-state index in [4.69, 9.17) is 5.73 Å². The summed E-state index contributed by atoms with van der Waals surface area (Å²) in [7, 11) is 2.17. The molecule has 0 heterocycles. The molecular weight excluding hydrogens is 160 g/mol. The number of nitrogens with two attached hydrogens (primary N) is 1. The molecule has 1 aliphatic carbocycles. The van der Waals surface area contributed by atoms with E-state index < -0.39 is 0 Å². The highest BCUT2D eigenvalue weighted by Gasteiger charge is 2.28. The van der Waals surface area contributed by atoms with Crippen LogP contribution >= 0.6 is 0 Å². The predicted molar refractivity (Wildman–Crippen MR) is 57.8 cm³/mol. The van der Waals surface area contributed by atoms with Gasteiger partial charge in [-0.1, -0.05) is 19.3 Å². The van der Waals surface area contributed by atoms with Crippen LogP contribution in [0.15, 0.2) is 0 Å². The molecule has 0 bridgehead atoms. The van der Waals surface area contributed by atoms with Crippen molar-refractivity contribution >= 4 is 0 Å². The van der Waals surface area contributed by atoms with Crippen LogP contribution in [-0.2, 0) is 0 Å². The van der Waals surface area contributed by atoms with Crippen molar-refractivity contribution in [1.82, 2.24) is 4.90 Å². The maximum Gasteiger partial charge on any atom is 0.0283 e. The summed E-state index contributed by atoms with van der Waals surface area (Å²) in [5, 5.41) is 0. The van der Waals surface area contributed by atoms with Crippen molar-refractivity contribution in [3.63, 3.8) is 0 Å². The van der Waals surface area contributed by atoms with E-state index in [1.807, 2.05) is 0 Å². The quantitative estimate of drug-likeness (QED) is 0.727. The maximum atomic E-state index is 6.36. The number of rotatable bonds is 3. The first-order chi connectivity index (χ1) is 6.03. The van der Waals surface area contributed by atoms with Gasteiger partial charge in [-0.2, -0.15) is 0 Å². The molecule has 2 nitrogen and oxygen atoms in total. The Morgan fingerprint density at radius 3 is 2.23 bits per heavy atom. The first-order valence-electron chi connectivity index (χ1n) is 5.53. The molecule has 2 N–H and O–H groups in total. The third-order valence-corrected chi connectivity index (χ3v) is 3.30. The minimum absolute atomic E-state index is 0.108. The predicted octanol–water partition coefficient (Wildman–Crippen LogP) is 1.99. The van der Waals surface area contributed by atoms with Crippen molar-refractivity contribution in [3.05, 3.63) is 0 Å². The van der Waals surface area contributed by atoms with Crippen molar-refractivity contribution in [2.24, 2.45) is 5.73 Å². The van der Waals surface area contributed by atoms with Gasteiger partial charge in [0.05, 0.1) is 0 Å². The van der Waals surface area contributed by atoms with Crippen molar-refractivity contribution < 1.29 is 0 Å². The van der Waals surface area contributed by atoms with Gasteiger partial charge in [0.15, 0.2) is 0 Å². The molecule has 0 aliphatic heterocycles. The molecule has 1 rings (SSSR count). The molecule has 0 unspecified atom stereocenters. The Labute approximate surface area is 82.5 Å². The van der Waals surface area contributed by atoms with Gasteiger partial charge in [-0.05, 0) is 33.7 Å². The van der Waals surface area contributed by atoms with Crippen LogP contribution in [0.5, 0.6) is 0 Å². The van der Waals surface area contributed by atoms with Crippen LogP contribution in [0, 0.1) is 0 Å². The van der Waals surface area contributed by atoms with Crippen LogP contribution in [0.3, 0.4) is 0 Å². The zero-order chi connectivity index (χ0) is 9.90. The molecule has 78 valence electrons. The van der Waals surface area contributed by atoms with Gasteiger partial charge in [0.2, 0.25) is 0 Å². The summed E-state index contributed by atoms with van der Waals surface area (Å²) >= 11 is 0. The van der Waals surface area contributed by atoms with Gasteiger partial charge in [0.1, 0.15) is 0 Å². The molecule has 0 radical (unpaired) electrons. The lowest BCUT2D eigenvalue weighted by atomic mass is 9.82. The Morgan fingerprint density at radius 1 is 1.23 bits per heavy atom. The van der Waals surface area contributed by atoms with Crippen LogP contribution < -0.4 is 5.73 Å². The highest BCUT2D eigenvalue weighted by molar-refractivity contribution is 4.90. The topological polar surface area (TPSA) is 29.3 Å². The highest BCUT2D eigenvalue weighted by Crippen LogP contribution is 2.26. The summed E-state index contributed by atoms with van der Waals surface area (Å²) in [6.07, 6.45) is 6.45. The van der Waals surface area contributed by atoms with Crippen molar-refractivity contribution in [2.45, 2.75) is 57.5 Å². The van der Waals surface area contributed by atoms with Crippen LogP contribution in [0.25, 0.3) is 0 Å². The van der Waals surface area contributed by atoms with Crippen LogP contribution in [-0.4, -0.2) is 30.1 Å². The first-order valence-corrected chi connectivity index (χ1v) is 5.53. The zero-order valence-corrected chi connectivity index (χ0v) is 9.34.